The number of nitrogens with zero attached hydrogens (tertiary/aromatic N) is 1. The molecule has 2 heterocycles. The standard InChI is InChI=1S/C20H30ClN3O4/c1-2-3-6-24-7-5-13(16(25)12-24)11-23-20(26)14-10-15(22)17(21)19-18(14)27-8-4-9-28-19/h10,13,16,25H,2-9,11-12,22H2,1H3,(H,23,26)/t13-,16+/m0/s1. The lowest BCUT2D eigenvalue weighted by Crippen LogP contribution is -2.47. The molecule has 2 aliphatic rings. The van der Waals surface area contributed by atoms with Crippen molar-refractivity contribution in [3.8, 4) is 11.5 Å². The molecular formula is C20H30ClN3O4. The topological polar surface area (TPSA) is 97.1 Å². The van der Waals surface area contributed by atoms with Crippen molar-refractivity contribution in [2.75, 3.05) is 45.1 Å². The van der Waals surface area contributed by atoms with Gasteiger partial charge >= 0.3 is 0 Å². The molecule has 0 aliphatic carbocycles. The fourth-order valence-corrected chi connectivity index (χ4v) is 3.87. The maximum atomic E-state index is 12.8. The summed E-state index contributed by atoms with van der Waals surface area (Å²) in [6, 6.07) is 1.52. The molecule has 1 saturated heterocycles. The first-order valence-corrected chi connectivity index (χ1v) is 10.4. The molecule has 0 bridgehead atoms. The summed E-state index contributed by atoms with van der Waals surface area (Å²) >= 11 is 6.23. The summed E-state index contributed by atoms with van der Waals surface area (Å²) in [5, 5.41) is 13.6. The number of unbranched alkanes of at least 4 members (excludes halogenated alkanes) is 1. The van der Waals surface area contributed by atoms with Crippen LogP contribution in [0.1, 0.15) is 43.0 Å². The minimum absolute atomic E-state index is 0.0299. The van der Waals surface area contributed by atoms with Crippen molar-refractivity contribution in [3.63, 3.8) is 0 Å². The Hall–Kier alpha value is -1.70. The van der Waals surface area contributed by atoms with Crippen molar-refractivity contribution in [2.45, 2.75) is 38.7 Å². The van der Waals surface area contributed by atoms with Gasteiger partial charge in [-0.05, 0) is 32.0 Å². The number of aliphatic hydroxyl groups excluding tert-OH is 1. The van der Waals surface area contributed by atoms with Gasteiger partial charge in [-0.1, -0.05) is 24.9 Å². The van der Waals surface area contributed by atoms with E-state index in [0.29, 0.717) is 49.8 Å². The molecule has 156 valence electrons. The van der Waals surface area contributed by atoms with Crippen LogP contribution in [0, 0.1) is 5.92 Å². The van der Waals surface area contributed by atoms with E-state index >= 15 is 0 Å². The fraction of sp³-hybridized carbons (Fsp3) is 0.650. The predicted molar refractivity (Wildman–Crippen MR) is 109 cm³/mol. The average Bonchev–Trinajstić information content (AvgIpc) is 2.94. The molecule has 0 spiro atoms. The summed E-state index contributed by atoms with van der Waals surface area (Å²) in [4.78, 5) is 15.1. The summed E-state index contributed by atoms with van der Waals surface area (Å²) < 4.78 is 11.4. The van der Waals surface area contributed by atoms with Gasteiger partial charge in [0, 0.05) is 25.4 Å². The lowest BCUT2D eigenvalue weighted by molar-refractivity contribution is 0.0217. The number of rotatable bonds is 6. The maximum absolute atomic E-state index is 12.8. The molecule has 2 aliphatic heterocycles. The van der Waals surface area contributed by atoms with E-state index in [1.807, 2.05) is 0 Å². The van der Waals surface area contributed by atoms with Crippen molar-refractivity contribution in [1.29, 1.82) is 0 Å². The quantitative estimate of drug-likeness (QED) is 0.621. The first-order valence-electron chi connectivity index (χ1n) is 10.1. The number of benzene rings is 1. The van der Waals surface area contributed by atoms with E-state index in [-0.39, 0.29) is 22.5 Å². The van der Waals surface area contributed by atoms with Crippen LogP contribution in [0.3, 0.4) is 0 Å². The number of likely N-dealkylation sites (tertiary alicyclic amines) is 1. The number of nitrogen functional groups attached to an aromatic ring is 1. The lowest BCUT2D eigenvalue weighted by Gasteiger charge is -2.36. The van der Waals surface area contributed by atoms with Gasteiger partial charge in [0.25, 0.3) is 5.91 Å². The third-order valence-electron chi connectivity index (χ3n) is 5.39. The summed E-state index contributed by atoms with van der Waals surface area (Å²) in [5.41, 5.74) is 6.55. The molecular weight excluding hydrogens is 382 g/mol. The molecule has 0 radical (unpaired) electrons. The maximum Gasteiger partial charge on any atom is 0.255 e. The van der Waals surface area contributed by atoms with Crippen LogP contribution in [-0.2, 0) is 0 Å². The van der Waals surface area contributed by atoms with E-state index in [1.54, 1.807) is 0 Å². The first-order chi connectivity index (χ1) is 13.5. The average molecular weight is 412 g/mol. The van der Waals surface area contributed by atoms with Crippen LogP contribution in [0.4, 0.5) is 5.69 Å². The molecule has 2 atom stereocenters. The fourth-order valence-electron chi connectivity index (χ4n) is 3.67. The van der Waals surface area contributed by atoms with Crippen LogP contribution in [0.15, 0.2) is 6.07 Å². The first kappa shape index (κ1) is 21.0. The van der Waals surface area contributed by atoms with Crippen LogP contribution in [0.5, 0.6) is 11.5 Å². The number of carbonyl (C=O) groups excluding carboxylic acids is 1. The number of amides is 1. The minimum Gasteiger partial charge on any atom is -0.489 e. The van der Waals surface area contributed by atoms with Crippen LogP contribution in [0.25, 0.3) is 0 Å². The van der Waals surface area contributed by atoms with E-state index in [0.717, 1.165) is 32.4 Å². The number of ether oxygens (including phenoxy) is 2. The normalized spacial score (nSPS) is 22.5. The van der Waals surface area contributed by atoms with Crippen molar-refractivity contribution in [2.24, 2.45) is 5.92 Å². The second-order valence-electron chi connectivity index (χ2n) is 7.52. The third-order valence-corrected chi connectivity index (χ3v) is 5.78. The van der Waals surface area contributed by atoms with Gasteiger partial charge in [0.1, 0.15) is 5.02 Å². The molecule has 1 amide bonds. The van der Waals surface area contributed by atoms with Gasteiger partial charge in [0.05, 0.1) is 30.6 Å². The number of halogens is 1. The molecule has 28 heavy (non-hydrogen) atoms. The van der Waals surface area contributed by atoms with E-state index in [1.165, 1.54) is 6.07 Å². The zero-order chi connectivity index (χ0) is 20.1. The minimum atomic E-state index is -0.446. The number of anilines is 1. The number of hydrogen-bond acceptors (Lipinski definition) is 6. The number of nitrogens with two attached hydrogens (primary N) is 1. The predicted octanol–water partition coefficient (Wildman–Crippen LogP) is 2.30. The number of carbonyl (C=O) groups is 1. The Labute approximate surface area is 171 Å². The molecule has 3 rings (SSSR count). The zero-order valence-electron chi connectivity index (χ0n) is 16.4. The van der Waals surface area contributed by atoms with E-state index < -0.39 is 6.10 Å². The summed E-state index contributed by atoms with van der Waals surface area (Å²) in [6.45, 7) is 6.08. The summed E-state index contributed by atoms with van der Waals surface area (Å²) in [6.07, 6.45) is 3.39. The third kappa shape index (κ3) is 4.82. The van der Waals surface area contributed by atoms with Gasteiger partial charge in [-0.25, -0.2) is 0 Å². The molecule has 8 heteroatoms. The second-order valence-corrected chi connectivity index (χ2v) is 7.89. The second kappa shape index (κ2) is 9.67. The molecule has 0 aromatic heterocycles. The van der Waals surface area contributed by atoms with Gasteiger partial charge in [-0.2, -0.15) is 0 Å². The summed E-state index contributed by atoms with van der Waals surface area (Å²) in [7, 11) is 0. The van der Waals surface area contributed by atoms with Crippen LogP contribution < -0.4 is 20.5 Å². The Balaban J connectivity index is 1.63. The Morgan fingerprint density at radius 3 is 2.86 bits per heavy atom. The van der Waals surface area contributed by atoms with Crippen LogP contribution >= 0.6 is 11.6 Å². The lowest BCUT2D eigenvalue weighted by atomic mass is 9.93. The zero-order valence-corrected chi connectivity index (χ0v) is 17.1. The van der Waals surface area contributed by atoms with Gasteiger partial charge < -0.3 is 30.5 Å². The van der Waals surface area contributed by atoms with Crippen LogP contribution in [0.2, 0.25) is 5.02 Å². The van der Waals surface area contributed by atoms with Gasteiger partial charge in [0.2, 0.25) is 0 Å². The Bertz CT molecular complexity index is 701. The molecule has 7 nitrogen and oxygen atoms in total. The van der Waals surface area contributed by atoms with E-state index in [2.05, 4.69) is 17.1 Å². The van der Waals surface area contributed by atoms with Crippen molar-refractivity contribution < 1.29 is 19.4 Å². The SMILES string of the molecule is CCCCN1CC[C@@H](CNC(=O)c2cc(N)c(Cl)c3c2OCCCO3)[C@H](O)C1. The number of aliphatic hydroxyl groups is 1. The number of hydrogen-bond donors (Lipinski definition) is 3. The van der Waals surface area contributed by atoms with Gasteiger partial charge in [-0.3, -0.25) is 4.79 Å². The molecule has 1 aromatic rings. The smallest absolute Gasteiger partial charge is 0.255 e. The van der Waals surface area contributed by atoms with E-state index in [4.69, 9.17) is 26.8 Å². The largest absolute Gasteiger partial charge is 0.489 e. The monoisotopic (exact) mass is 411 g/mol. The van der Waals surface area contributed by atoms with Crippen molar-refractivity contribution >= 4 is 23.2 Å². The summed E-state index contributed by atoms with van der Waals surface area (Å²) in [5.74, 6) is 0.394. The molecule has 1 aromatic carbocycles. The number of piperidine rings is 1. The Morgan fingerprint density at radius 1 is 1.39 bits per heavy atom. The number of fused-ring (bicyclic) bond motifs is 1. The molecule has 4 N–H and O–H groups in total. The number of β-amino-alcohol motifs (C(OH)–C–C–N with tert-alkyl or cyclic N) is 1. The highest BCUT2D eigenvalue weighted by molar-refractivity contribution is 6.35. The van der Waals surface area contributed by atoms with Crippen LogP contribution in [-0.4, -0.2) is 61.4 Å². The van der Waals surface area contributed by atoms with E-state index in [9.17, 15) is 9.90 Å². The highest BCUT2D eigenvalue weighted by Gasteiger charge is 2.29. The van der Waals surface area contributed by atoms with Gasteiger partial charge in [0.15, 0.2) is 11.5 Å². The van der Waals surface area contributed by atoms with Gasteiger partial charge in [-0.15, -0.1) is 0 Å². The molecule has 1 fully saturated rings. The van der Waals surface area contributed by atoms with Crippen molar-refractivity contribution in [3.05, 3.63) is 16.7 Å². The Morgan fingerprint density at radius 2 is 2.14 bits per heavy atom. The molecule has 0 unspecified atom stereocenters. The van der Waals surface area contributed by atoms with Crippen molar-refractivity contribution in [1.82, 2.24) is 10.2 Å². The number of nitrogens with one attached hydrogen (secondary N) is 1. The highest BCUT2D eigenvalue weighted by atomic mass is 35.5. The molecule has 0 saturated carbocycles. The highest BCUT2D eigenvalue weighted by Crippen LogP contribution is 2.43. The Kier molecular flexibility index (Phi) is 7.26.